The van der Waals surface area contributed by atoms with Gasteiger partial charge in [0, 0.05) is 17.2 Å². The van der Waals surface area contributed by atoms with E-state index in [0.29, 0.717) is 13.0 Å². The number of hydrogen-bond donors (Lipinski definition) is 1. The fraction of sp³-hybridized carbons (Fsp3) is 0.500. The summed E-state index contributed by atoms with van der Waals surface area (Å²) in [5, 5.41) is 2.58. The van der Waals surface area contributed by atoms with Crippen LogP contribution in [-0.4, -0.2) is 20.9 Å². The van der Waals surface area contributed by atoms with E-state index in [9.17, 15) is 17.6 Å². The molecular formula is C14H19ClFNO3S. The van der Waals surface area contributed by atoms with Gasteiger partial charge in [0.1, 0.15) is 5.82 Å². The fourth-order valence-corrected chi connectivity index (χ4v) is 2.94. The minimum absolute atomic E-state index is 0.0315. The Morgan fingerprint density at radius 3 is 2.38 bits per heavy atom. The van der Waals surface area contributed by atoms with E-state index in [1.807, 2.05) is 20.8 Å². The lowest BCUT2D eigenvalue weighted by molar-refractivity contribution is 0.0945. The van der Waals surface area contributed by atoms with Crippen LogP contribution in [0, 0.1) is 18.2 Å². The zero-order valence-corrected chi connectivity index (χ0v) is 14.0. The molecular weight excluding hydrogens is 317 g/mol. The lowest BCUT2D eigenvalue weighted by atomic mass is 9.92. The highest BCUT2D eigenvalue weighted by Gasteiger charge is 2.21. The molecule has 0 aliphatic rings. The molecule has 21 heavy (non-hydrogen) atoms. The van der Waals surface area contributed by atoms with E-state index in [2.05, 4.69) is 5.32 Å². The zero-order chi connectivity index (χ0) is 16.4. The van der Waals surface area contributed by atoms with Crippen LogP contribution in [-0.2, 0) is 9.05 Å². The Morgan fingerprint density at radius 2 is 1.90 bits per heavy atom. The maximum Gasteiger partial charge on any atom is 0.261 e. The minimum Gasteiger partial charge on any atom is -0.352 e. The Kier molecular flexibility index (Phi) is 5.39. The molecule has 0 heterocycles. The van der Waals surface area contributed by atoms with Crippen molar-refractivity contribution >= 4 is 25.6 Å². The molecule has 0 fully saturated rings. The Bertz CT molecular complexity index is 651. The van der Waals surface area contributed by atoms with Crippen LogP contribution in [0.15, 0.2) is 17.0 Å². The number of amides is 1. The summed E-state index contributed by atoms with van der Waals surface area (Å²) in [7, 11) is 1.25. The monoisotopic (exact) mass is 335 g/mol. The average molecular weight is 336 g/mol. The second-order valence-electron chi connectivity index (χ2n) is 6.10. The quantitative estimate of drug-likeness (QED) is 0.859. The van der Waals surface area contributed by atoms with Gasteiger partial charge in [-0.1, -0.05) is 20.8 Å². The van der Waals surface area contributed by atoms with Gasteiger partial charge in [0.25, 0.3) is 15.0 Å². The number of rotatable bonds is 4. The van der Waals surface area contributed by atoms with E-state index in [-0.39, 0.29) is 21.4 Å². The molecule has 0 bridgehead atoms. The number of nitrogens with one attached hydrogen (secondary N) is 1. The first-order valence-corrected chi connectivity index (χ1v) is 8.76. The van der Waals surface area contributed by atoms with Gasteiger partial charge in [-0.05, 0) is 36.5 Å². The van der Waals surface area contributed by atoms with Gasteiger partial charge < -0.3 is 5.32 Å². The first kappa shape index (κ1) is 17.9. The summed E-state index contributed by atoms with van der Waals surface area (Å²) in [4.78, 5) is 11.7. The molecule has 0 atom stereocenters. The van der Waals surface area contributed by atoms with Crippen molar-refractivity contribution in [1.29, 1.82) is 0 Å². The van der Waals surface area contributed by atoms with Crippen molar-refractivity contribution in [2.24, 2.45) is 5.41 Å². The van der Waals surface area contributed by atoms with Crippen LogP contribution in [0.3, 0.4) is 0 Å². The van der Waals surface area contributed by atoms with Gasteiger partial charge in [-0.2, -0.15) is 0 Å². The Labute approximate surface area is 129 Å². The Hall–Kier alpha value is -1.14. The second-order valence-corrected chi connectivity index (χ2v) is 8.64. The van der Waals surface area contributed by atoms with Crippen LogP contribution < -0.4 is 5.32 Å². The third kappa shape index (κ3) is 5.28. The molecule has 0 saturated heterocycles. The van der Waals surface area contributed by atoms with Crippen LogP contribution in [0.4, 0.5) is 4.39 Å². The van der Waals surface area contributed by atoms with Crippen molar-refractivity contribution in [3.63, 3.8) is 0 Å². The van der Waals surface area contributed by atoms with E-state index in [4.69, 9.17) is 10.7 Å². The number of halogens is 2. The van der Waals surface area contributed by atoms with Gasteiger partial charge in [-0.3, -0.25) is 4.79 Å². The first-order valence-electron chi connectivity index (χ1n) is 6.45. The topological polar surface area (TPSA) is 63.2 Å². The second kappa shape index (κ2) is 6.32. The molecule has 0 aliphatic heterocycles. The van der Waals surface area contributed by atoms with Crippen molar-refractivity contribution in [1.82, 2.24) is 5.32 Å². The third-order valence-electron chi connectivity index (χ3n) is 2.93. The lowest BCUT2D eigenvalue weighted by Crippen LogP contribution is -2.28. The van der Waals surface area contributed by atoms with E-state index < -0.39 is 20.8 Å². The third-order valence-corrected chi connectivity index (χ3v) is 4.40. The highest BCUT2D eigenvalue weighted by molar-refractivity contribution is 8.13. The number of hydrogen-bond acceptors (Lipinski definition) is 3. The molecule has 0 aliphatic carbocycles. The first-order chi connectivity index (χ1) is 9.42. The largest absolute Gasteiger partial charge is 0.352 e. The van der Waals surface area contributed by atoms with Gasteiger partial charge >= 0.3 is 0 Å². The van der Waals surface area contributed by atoms with Gasteiger partial charge in [-0.15, -0.1) is 0 Å². The normalized spacial score (nSPS) is 12.3. The van der Waals surface area contributed by atoms with E-state index in [1.165, 1.54) is 6.92 Å². The molecule has 118 valence electrons. The smallest absolute Gasteiger partial charge is 0.261 e. The summed E-state index contributed by atoms with van der Waals surface area (Å²) in [6.45, 7) is 7.84. The van der Waals surface area contributed by atoms with Crippen molar-refractivity contribution in [3.05, 3.63) is 29.1 Å². The van der Waals surface area contributed by atoms with Crippen molar-refractivity contribution in [2.75, 3.05) is 6.54 Å². The highest BCUT2D eigenvalue weighted by atomic mass is 35.7. The number of aryl methyl sites for hydroxylation is 1. The van der Waals surface area contributed by atoms with Gasteiger partial charge in [0.2, 0.25) is 0 Å². The molecule has 0 spiro atoms. The lowest BCUT2D eigenvalue weighted by Gasteiger charge is -2.18. The van der Waals surface area contributed by atoms with Crippen LogP contribution in [0.1, 0.15) is 43.1 Å². The van der Waals surface area contributed by atoms with Gasteiger partial charge in [-0.25, -0.2) is 12.8 Å². The minimum atomic E-state index is -4.02. The number of carbonyl (C=O) groups is 1. The molecule has 0 aromatic heterocycles. The molecule has 1 aromatic rings. The maximum atomic E-state index is 13.8. The van der Waals surface area contributed by atoms with Crippen LogP contribution in [0.2, 0.25) is 0 Å². The molecule has 0 radical (unpaired) electrons. The zero-order valence-electron chi connectivity index (χ0n) is 12.5. The molecule has 1 aromatic carbocycles. The molecule has 1 amide bonds. The van der Waals surface area contributed by atoms with Crippen LogP contribution in [0.5, 0.6) is 0 Å². The standard InChI is InChI=1S/C14H19ClFNO3S/c1-9-7-11(16)10(8-12(9)21(15,19)20)13(18)17-6-5-14(2,3)4/h7-8H,5-6H2,1-4H3,(H,17,18). The van der Waals surface area contributed by atoms with E-state index in [1.54, 1.807) is 0 Å². The molecule has 7 heteroatoms. The average Bonchev–Trinajstić information content (AvgIpc) is 2.24. The molecule has 1 N–H and O–H groups in total. The number of carbonyl (C=O) groups excluding carboxylic acids is 1. The van der Waals surface area contributed by atoms with Gasteiger partial charge in [0.15, 0.2) is 0 Å². The molecule has 1 rings (SSSR count). The fourth-order valence-electron chi connectivity index (χ4n) is 1.74. The Balaban J connectivity index is 3.00. The van der Waals surface area contributed by atoms with Crippen molar-refractivity contribution < 1.29 is 17.6 Å². The molecule has 0 unspecified atom stereocenters. The number of benzene rings is 1. The molecule has 0 saturated carbocycles. The summed E-state index contributed by atoms with van der Waals surface area (Å²) in [6, 6.07) is 1.97. The van der Waals surface area contributed by atoms with Crippen LogP contribution in [0.25, 0.3) is 0 Å². The SMILES string of the molecule is Cc1cc(F)c(C(=O)NCCC(C)(C)C)cc1S(=O)(=O)Cl. The summed E-state index contributed by atoms with van der Waals surface area (Å²) in [6.07, 6.45) is 0.715. The van der Waals surface area contributed by atoms with E-state index in [0.717, 1.165) is 12.1 Å². The maximum absolute atomic E-state index is 13.8. The van der Waals surface area contributed by atoms with E-state index >= 15 is 0 Å². The summed E-state index contributed by atoms with van der Waals surface area (Å²) in [5.74, 6) is -1.43. The molecule has 4 nitrogen and oxygen atoms in total. The predicted molar refractivity (Wildman–Crippen MR) is 80.6 cm³/mol. The van der Waals surface area contributed by atoms with Crippen molar-refractivity contribution in [2.45, 2.75) is 39.0 Å². The summed E-state index contributed by atoms with van der Waals surface area (Å²) < 4.78 is 36.6. The van der Waals surface area contributed by atoms with Gasteiger partial charge in [0.05, 0.1) is 10.5 Å². The van der Waals surface area contributed by atoms with Crippen LogP contribution >= 0.6 is 10.7 Å². The summed E-state index contributed by atoms with van der Waals surface area (Å²) in [5.41, 5.74) is -0.133. The summed E-state index contributed by atoms with van der Waals surface area (Å²) >= 11 is 0. The van der Waals surface area contributed by atoms with Crippen molar-refractivity contribution in [3.8, 4) is 0 Å². The Morgan fingerprint density at radius 1 is 1.33 bits per heavy atom. The predicted octanol–water partition coefficient (Wildman–Crippen LogP) is 3.23. The highest BCUT2D eigenvalue weighted by Crippen LogP contribution is 2.23.